The number of nitrogens with one attached hydrogen (secondary N) is 1. The molecule has 0 fully saturated rings. The summed E-state index contributed by atoms with van der Waals surface area (Å²) in [7, 11) is 0. The summed E-state index contributed by atoms with van der Waals surface area (Å²) in [5, 5.41) is 0.412. The Balaban J connectivity index is 1.68. The summed E-state index contributed by atoms with van der Waals surface area (Å²) in [5.41, 5.74) is 1.50. The first kappa shape index (κ1) is 19.5. The van der Waals surface area contributed by atoms with Crippen LogP contribution in [0, 0.1) is 8.34 Å². The molecular weight excluding hydrogens is 499 g/mol. The molecule has 1 N–H and O–H groups in total. The molecule has 29 heavy (non-hydrogen) atoms. The molecule has 0 spiro atoms. The fourth-order valence-electron chi connectivity index (χ4n) is 2.96. The van der Waals surface area contributed by atoms with Gasteiger partial charge in [0.05, 0.1) is 10.9 Å². The topological polar surface area (TPSA) is 64.1 Å². The Morgan fingerprint density at radius 2 is 1.83 bits per heavy atom. The zero-order valence-electron chi connectivity index (χ0n) is 15.1. The Labute approximate surface area is 185 Å². The third-order valence-electron chi connectivity index (χ3n) is 4.39. The van der Waals surface area contributed by atoms with Crippen molar-refractivity contribution in [2.45, 2.75) is 6.61 Å². The molecule has 0 saturated carbocycles. The third-order valence-corrected chi connectivity index (χ3v) is 5.35. The molecule has 5 nitrogen and oxygen atoms in total. The van der Waals surface area contributed by atoms with Crippen LogP contribution in [0.3, 0.4) is 0 Å². The number of hydrogen-bond acceptors (Lipinski definition) is 4. The molecule has 0 atom stereocenters. The molecule has 7 heteroatoms. The van der Waals surface area contributed by atoms with Gasteiger partial charge in [0.2, 0.25) is 0 Å². The Morgan fingerprint density at radius 1 is 1.03 bits per heavy atom. The summed E-state index contributed by atoms with van der Waals surface area (Å²) in [6, 6.07) is 21.9. The molecular formula is C22H15IN2O3S. The highest BCUT2D eigenvalue weighted by molar-refractivity contribution is 14.1. The monoisotopic (exact) mass is 514 g/mol. The van der Waals surface area contributed by atoms with Crippen molar-refractivity contribution in [2.75, 3.05) is 0 Å². The minimum atomic E-state index is -0.498. The van der Waals surface area contributed by atoms with Crippen molar-refractivity contribution in [3.8, 4) is 5.75 Å². The fourth-order valence-corrected chi connectivity index (χ4v) is 3.73. The van der Waals surface area contributed by atoms with Gasteiger partial charge in [-0.15, -0.1) is 0 Å². The lowest BCUT2D eigenvalue weighted by Gasteiger charge is -2.10. The third kappa shape index (κ3) is 4.15. The normalized spacial score (nSPS) is 10.8. The standard InChI is InChI=1S/C22H15IN2O3S/c23-16-9-10-19-18(12-16)21(27)25(22(29)24-19)20(26)15-7-4-8-17(11-15)28-13-14-5-2-1-3-6-14/h1-12H,13H2,(H,24,29). The summed E-state index contributed by atoms with van der Waals surface area (Å²) in [6.07, 6.45) is 0. The summed E-state index contributed by atoms with van der Waals surface area (Å²) in [4.78, 5) is 29.0. The van der Waals surface area contributed by atoms with Gasteiger partial charge in [0.1, 0.15) is 12.4 Å². The summed E-state index contributed by atoms with van der Waals surface area (Å²) >= 11 is 7.40. The number of aromatic nitrogens is 2. The maximum atomic E-state index is 13.1. The van der Waals surface area contributed by atoms with Crippen LogP contribution in [0.1, 0.15) is 15.9 Å². The van der Waals surface area contributed by atoms with Crippen LogP contribution in [-0.2, 0) is 6.61 Å². The van der Waals surface area contributed by atoms with E-state index in [0.29, 0.717) is 28.8 Å². The second-order valence-corrected chi connectivity index (χ2v) is 8.00. The van der Waals surface area contributed by atoms with Gasteiger partial charge in [-0.2, -0.15) is 0 Å². The van der Waals surface area contributed by atoms with E-state index in [0.717, 1.165) is 13.7 Å². The highest BCUT2D eigenvalue weighted by atomic mass is 127. The predicted molar refractivity (Wildman–Crippen MR) is 123 cm³/mol. The second-order valence-electron chi connectivity index (χ2n) is 6.37. The lowest BCUT2D eigenvalue weighted by Crippen LogP contribution is -2.29. The van der Waals surface area contributed by atoms with Crippen LogP contribution in [0.5, 0.6) is 5.75 Å². The molecule has 144 valence electrons. The van der Waals surface area contributed by atoms with Gasteiger partial charge in [-0.25, -0.2) is 4.57 Å². The number of fused-ring (bicyclic) bond motifs is 1. The number of carbonyl (C=O) groups is 1. The van der Waals surface area contributed by atoms with E-state index in [9.17, 15) is 9.59 Å². The number of nitrogens with zero attached hydrogens (tertiary/aromatic N) is 1. The Bertz CT molecular complexity index is 1330. The minimum absolute atomic E-state index is 0.0596. The zero-order valence-corrected chi connectivity index (χ0v) is 18.1. The molecule has 0 amide bonds. The van der Waals surface area contributed by atoms with Gasteiger partial charge >= 0.3 is 0 Å². The number of halogens is 1. The largest absolute Gasteiger partial charge is 0.489 e. The number of benzene rings is 3. The van der Waals surface area contributed by atoms with Gasteiger partial charge in [0.15, 0.2) is 4.77 Å². The highest BCUT2D eigenvalue weighted by Crippen LogP contribution is 2.17. The van der Waals surface area contributed by atoms with Crippen molar-refractivity contribution in [1.82, 2.24) is 9.55 Å². The van der Waals surface area contributed by atoms with Crippen LogP contribution < -0.4 is 10.3 Å². The lowest BCUT2D eigenvalue weighted by molar-refractivity contribution is 0.0953. The molecule has 3 aromatic carbocycles. The summed E-state index contributed by atoms with van der Waals surface area (Å²) < 4.78 is 7.74. The number of H-pyrrole nitrogens is 1. The quantitative estimate of drug-likeness (QED) is 0.310. The van der Waals surface area contributed by atoms with Crippen molar-refractivity contribution >= 4 is 51.6 Å². The minimum Gasteiger partial charge on any atom is -0.489 e. The molecule has 0 aliphatic heterocycles. The van der Waals surface area contributed by atoms with Gasteiger partial charge in [-0.3, -0.25) is 9.59 Å². The van der Waals surface area contributed by atoms with Gasteiger partial charge < -0.3 is 9.72 Å². The number of rotatable bonds is 4. The van der Waals surface area contributed by atoms with Crippen molar-refractivity contribution < 1.29 is 9.53 Å². The molecule has 1 aromatic heterocycles. The Kier molecular flexibility index (Phi) is 5.59. The van der Waals surface area contributed by atoms with Crippen LogP contribution in [0.4, 0.5) is 0 Å². The van der Waals surface area contributed by atoms with Gasteiger partial charge in [0.25, 0.3) is 11.5 Å². The van der Waals surface area contributed by atoms with Gasteiger partial charge in [0, 0.05) is 9.13 Å². The molecule has 0 bridgehead atoms. The van der Waals surface area contributed by atoms with Crippen LogP contribution in [0.25, 0.3) is 10.9 Å². The molecule has 1 heterocycles. The van der Waals surface area contributed by atoms with Crippen LogP contribution in [-0.4, -0.2) is 15.5 Å². The van der Waals surface area contributed by atoms with E-state index in [2.05, 4.69) is 27.6 Å². The molecule has 0 radical (unpaired) electrons. The Hall–Kier alpha value is -2.78. The van der Waals surface area contributed by atoms with E-state index in [1.54, 1.807) is 36.4 Å². The van der Waals surface area contributed by atoms with Crippen molar-refractivity contribution in [3.63, 3.8) is 0 Å². The SMILES string of the molecule is O=C(c1cccc(OCc2ccccc2)c1)n1c(=S)[nH]c2ccc(I)cc2c1=O. The number of carbonyl (C=O) groups excluding carboxylic acids is 1. The van der Waals surface area contributed by atoms with Gasteiger partial charge in [-0.05, 0) is 76.8 Å². The number of aromatic amines is 1. The van der Waals surface area contributed by atoms with E-state index in [1.165, 1.54) is 0 Å². The average molecular weight is 514 g/mol. The Morgan fingerprint density at radius 3 is 2.62 bits per heavy atom. The molecule has 4 rings (SSSR count). The first-order chi connectivity index (χ1) is 14.0. The van der Waals surface area contributed by atoms with Crippen molar-refractivity contribution in [1.29, 1.82) is 0 Å². The predicted octanol–water partition coefficient (Wildman–Crippen LogP) is 4.93. The maximum absolute atomic E-state index is 13.1. The number of ether oxygens (including phenoxy) is 1. The zero-order chi connectivity index (χ0) is 20.4. The lowest BCUT2D eigenvalue weighted by atomic mass is 10.2. The molecule has 0 unspecified atom stereocenters. The average Bonchev–Trinajstić information content (AvgIpc) is 2.74. The second kappa shape index (κ2) is 8.30. The van der Waals surface area contributed by atoms with E-state index in [4.69, 9.17) is 17.0 Å². The first-order valence-corrected chi connectivity index (χ1v) is 10.3. The van der Waals surface area contributed by atoms with Crippen LogP contribution in [0.15, 0.2) is 77.6 Å². The van der Waals surface area contributed by atoms with E-state index >= 15 is 0 Å². The van der Waals surface area contributed by atoms with Crippen LogP contribution >= 0.6 is 34.8 Å². The number of hydrogen-bond donors (Lipinski definition) is 1. The maximum Gasteiger partial charge on any atom is 0.269 e. The van der Waals surface area contributed by atoms with Gasteiger partial charge in [-0.1, -0.05) is 36.4 Å². The summed E-state index contributed by atoms with van der Waals surface area (Å²) in [5.74, 6) is 0.0418. The molecule has 4 aromatic rings. The van der Waals surface area contributed by atoms with Crippen LogP contribution in [0.2, 0.25) is 0 Å². The van der Waals surface area contributed by atoms with Crippen molar-refractivity contribution in [2.24, 2.45) is 0 Å². The van der Waals surface area contributed by atoms with E-state index < -0.39 is 11.5 Å². The summed E-state index contributed by atoms with van der Waals surface area (Å²) in [6.45, 7) is 0.382. The molecule has 0 saturated heterocycles. The fraction of sp³-hybridized carbons (Fsp3) is 0.0455. The molecule has 0 aliphatic carbocycles. The van der Waals surface area contributed by atoms with E-state index in [1.807, 2.05) is 36.4 Å². The highest BCUT2D eigenvalue weighted by Gasteiger charge is 2.15. The first-order valence-electron chi connectivity index (χ1n) is 8.79. The van der Waals surface area contributed by atoms with Crippen molar-refractivity contribution in [3.05, 3.63) is 103 Å². The van der Waals surface area contributed by atoms with E-state index in [-0.39, 0.29) is 4.77 Å². The smallest absolute Gasteiger partial charge is 0.269 e. The molecule has 0 aliphatic rings.